The number of carboxylic acid groups (broad SMARTS) is 1. The van der Waals surface area contributed by atoms with Gasteiger partial charge in [0, 0.05) is 6.20 Å². The normalized spacial score (nSPS) is 15.9. The van der Waals surface area contributed by atoms with Gasteiger partial charge in [0.15, 0.2) is 0 Å². The van der Waals surface area contributed by atoms with E-state index in [1.54, 1.807) is 12.1 Å². The molecule has 0 aliphatic carbocycles. The van der Waals surface area contributed by atoms with E-state index in [0.717, 1.165) is 17.7 Å². The molecule has 1 aliphatic heterocycles. The maximum Gasteiger partial charge on any atom is 0.337 e. The molecule has 0 saturated heterocycles. The molecule has 1 aliphatic rings. The third-order valence-electron chi connectivity index (χ3n) is 2.30. The first-order valence-corrected chi connectivity index (χ1v) is 4.74. The second kappa shape index (κ2) is 4.23. The number of aromatic carboxylic acids is 1. The van der Waals surface area contributed by atoms with Crippen molar-refractivity contribution in [3.63, 3.8) is 0 Å². The second-order valence-electron chi connectivity index (χ2n) is 3.29. The van der Waals surface area contributed by atoms with Crippen LogP contribution in [0.15, 0.2) is 24.4 Å². The average molecular weight is 205 g/mol. The highest BCUT2D eigenvalue weighted by molar-refractivity contribution is 5.87. The first-order valence-electron chi connectivity index (χ1n) is 4.74. The van der Waals surface area contributed by atoms with E-state index >= 15 is 0 Å². The first kappa shape index (κ1) is 9.86. The Morgan fingerprint density at radius 1 is 1.47 bits per heavy atom. The van der Waals surface area contributed by atoms with E-state index in [1.807, 2.05) is 6.08 Å². The summed E-state index contributed by atoms with van der Waals surface area (Å²) in [5.41, 5.74) is 2.17. The van der Waals surface area contributed by atoms with Gasteiger partial charge in [-0.15, -0.1) is 0 Å². The summed E-state index contributed by atoms with van der Waals surface area (Å²) in [6.45, 7) is 1.31. The standard InChI is InChI=1S/C11H11NO3/c13-11(14)9-1-2-10(12-7-9)8-3-5-15-6-4-8/h1-3,7H,4-6H2,(H,13,14). The van der Waals surface area contributed by atoms with E-state index < -0.39 is 5.97 Å². The first-order chi connectivity index (χ1) is 7.27. The van der Waals surface area contributed by atoms with E-state index in [2.05, 4.69) is 4.98 Å². The predicted octanol–water partition coefficient (Wildman–Crippen LogP) is 1.58. The highest BCUT2D eigenvalue weighted by Crippen LogP contribution is 2.19. The molecule has 0 fully saturated rings. The Bertz CT molecular complexity index is 395. The molecule has 4 nitrogen and oxygen atoms in total. The molecule has 1 aromatic heterocycles. The third kappa shape index (κ3) is 2.22. The minimum atomic E-state index is -0.949. The van der Waals surface area contributed by atoms with Crippen LogP contribution in [0.2, 0.25) is 0 Å². The van der Waals surface area contributed by atoms with Gasteiger partial charge in [0.2, 0.25) is 0 Å². The summed E-state index contributed by atoms with van der Waals surface area (Å²) >= 11 is 0. The molecule has 1 N–H and O–H groups in total. The van der Waals surface area contributed by atoms with Gasteiger partial charge in [0.1, 0.15) is 0 Å². The van der Waals surface area contributed by atoms with Crippen LogP contribution < -0.4 is 0 Å². The van der Waals surface area contributed by atoms with E-state index in [1.165, 1.54) is 6.20 Å². The Hall–Kier alpha value is -1.68. The summed E-state index contributed by atoms with van der Waals surface area (Å²) in [5, 5.41) is 8.71. The maximum absolute atomic E-state index is 10.6. The molecule has 15 heavy (non-hydrogen) atoms. The van der Waals surface area contributed by atoms with Crippen molar-refractivity contribution < 1.29 is 14.6 Å². The van der Waals surface area contributed by atoms with Crippen LogP contribution in [-0.2, 0) is 4.74 Å². The zero-order valence-electron chi connectivity index (χ0n) is 8.14. The number of hydrogen-bond donors (Lipinski definition) is 1. The van der Waals surface area contributed by atoms with Crippen molar-refractivity contribution in [3.8, 4) is 0 Å². The third-order valence-corrected chi connectivity index (χ3v) is 2.30. The number of aromatic nitrogens is 1. The Labute approximate surface area is 87.2 Å². The molecule has 2 rings (SSSR count). The molecule has 0 amide bonds. The summed E-state index contributed by atoms with van der Waals surface area (Å²) in [6, 6.07) is 3.31. The van der Waals surface area contributed by atoms with Crippen molar-refractivity contribution in [1.29, 1.82) is 0 Å². The van der Waals surface area contributed by atoms with Crippen LogP contribution in [0.1, 0.15) is 22.5 Å². The molecule has 1 aromatic rings. The van der Waals surface area contributed by atoms with Crippen molar-refractivity contribution in [3.05, 3.63) is 35.7 Å². The average Bonchev–Trinajstić information content (AvgIpc) is 2.30. The minimum Gasteiger partial charge on any atom is -0.478 e. The SMILES string of the molecule is O=C(O)c1ccc(C2=CCOCC2)nc1. The molecule has 4 heteroatoms. The number of rotatable bonds is 2. The van der Waals surface area contributed by atoms with E-state index in [4.69, 9.17) is 9.84 Å². The quantitative estimate of drug-likeness (QED) is 0.796. The van der Waals surface area contributed by atoms with Gasteiger partial charge < -0.3 is 9.84 Å². The zero-order valence-corrected chi connectivity index (χ0v) is 8.14. The fourth-order valence-corrected chi connectivity index (χ4v) is 1.47. The predicted molar refractivity (Wildman–Crippen MR) is 54.6 cm³/mol. The molecular weight excluding hydrogens is 194 g/mol. The van der Waals surface area contributed by atoms with E-state index in [0.29, 0.717) is 13.2 Å². The number of nitrogens with zero attached hydrogens (tertiary/aromatic N) is 1. The molecule has 0 radical (unpaired) electrons. The second-order valence-corrected chi connectivity index (χ2v) is 3.29. The fourth-order valence-electron chi connectivity index (χ4n) is 1.47. The number of carboxylic acids is 1. The lowest BCUT2D eigenvalue weighted by molar-refractivity contribution is 0.0696. The van der Waals surface area contributed by atoms with E-state index in [9.17, 15) is 4.79 Å². The Balaban J connectivity index is 2.23. The van der Waals surface area contributed by atoms with Gasteiger partial charge >= 0.3 is 5.97 Å². The molecule has 0 atom stereocenters. The number of ether oxygens (including phenoxy) is 1. The molecule has 0 aromatic carbocycles. The molecule has 0 bridgehead atoms. The van der Waals surface area contributed by atoms with Crippen molar-refractivity contribution in [1.82, 2.24) is 4.98 Å². The zero-order chi connectivity index (χ0) is 10.7. The van der Waals surface area contributed by atoms with Gasteiger partial charge in [-0.1, -0.05) is 6.08 Å². The summed E-state index contributed by atoms with van der Waals surface area (Å²) in [6.07, 6.45) is 4.19. The number of hydrogen-bond acceptors (Lipinski definition) is 3. The molecule has 2 heterocycles. The highest BCUT2D eigenvalue weighted by Gasteiger charge is 2.08. The van der Waals surface area contributed by atoms with Gasteiger partial charge in [-0.2, -0.15) is 0 Å². The largest absolute Gasteiger partial charge is 0.478 e. The Morgan fingerprint density at radius 3 is 2.87 bits per heavy atom. The molecular formula is C11H11NO3. The lowest BCUT2D eigenvalue weighted by atomic mass is 10.1. The van der Waals surface area contributed by atoms with Crippen LogP contribution >= 0.6 is 0 Å². The van der Waals surface area contributed by atoms with Gasteiger partial charge in [0.05, 0.1) is 24.5 Å². The summed E-state index contributed by atoms with van der Waals surface area (Å²) in [7, 11) is 0. The van der Waals surface area contributed by atoms with Crippen LogP contribution in [-0.4, -0.2) is 29.3 Å². The van der Waals surface area contributed by atoms with Crippen molar-refractivity contribution in [2.75, 3.05) is 13.2 Å². The summed E-state index contributed by atoms with van der Waals surface area (Å²) < 4.78 is 5.18. The Morgan fingerprint density at radius 2 is 2.33 bits per heavy atom. The molecule has 0 spiro atoms. The minimum absolute atomic E-state index is 0.214. The fraction of sp³-hybridized carbons (Fsp3) is 0.273. The van der Waals surface area contributed by atoms with Crippen molar-refractivity contribution in [2.24, 2.45) is 0 Å². The Kier molecular flexibility index (Phi) is 2.78. The van der Waals surface area contributed by atoms with Crippen molar-refractivity contribution in [2.45, 2.75) is 6.42 Å². The van der Waals surface area contributed by atoms with Crippen LogP contribution in [0, 0.1) is 0 Å². The topological polar surface area (TPSA) is 59.4 Å². The summed E-state index contributed by atoms with van der Waals surface area (Å²) in [5.74, 6) is -0.949. The number of carbonyl (C=O) groups is 1. The van der Waals surface area contributed by atoms with E-state index in [-0.39, 0.29) is 5.56 Å². The molecule has 78 valence electrons. The lowest BCUT2D eigenvalue weighted by Gasteiger charge is -2.12. The van der Waals surface area contributed by atoms with Crippen molar-refractivity contribution >= 4 is 11.5 Å². The van der Waals surface area contributed by atoms with Gasteiger partial charge in [0.25, 0.3) is 0 Å². The van der Waals surface area contributed by atoms with Gasteiger partial charge in [-0.25, -0.2) is 4.79 Å². The number of pyridine rings is 1. The monoisotopic (exact) mass is 205 g/mol. The highest BCUT2D eigenvalue weighted by atomic mass is 16.5. The van der Waals surface area contributed by atoms with Crippen LogP contribution in [0.25, 0.3) is 5.57 Å². The summed E-state index contributed by atoms with van der Waals surface area (Å²) in [4.78, 5) is 14.7. The van der Waals surface area contributed by atoms with Crippen LogP contribution in [0.4, 0.5) is 0 Å². The molecule has 0 unspecified atom stereocenters. The smallest absolute Gasteiger partial charge is 0.337 e. The van der Waals surface area contributed by atoms with Crippen LogP contribution in [0.5, 0.6) is 0 Å². The van der Waals surface area contributed by atoms with Gasteiger partial charge in [-0.05, 0) is 24.1 Å². The van der Waals surface area contributed by atoms with Gasteiger partial charge in [-0.3, -0.25) is 4.98 Å². The molecule has 0 saturated carbocycles. The lowest BCUT2D eigenvalue weighted by Crippen LogP contribution is -2.05. The maximum atomic E-state index is 10.6. The van der Waals surface area contributed by atoms with Crippen LogP contribution in [0.3, 0.4) is 0 Å².